The fourth-order valence-corrected chi connectivity index (χ4v) is 1.40. The van der Waals surface area contributed by atoms with E-state index in [0.717, 1.165) is 5.57 Å². The van der Waals surface area contributed by atoms with Crippen molar-refractivity contribution in [3.05, 3.63) is 29.8 Å². The van der Waals surface area contributed by atoms with Gasteiger partial charge in [0.15, 0.2) is 0 Å². The predicted molar refractivity (Wildman–Crippen MR) is 71.1 cm³/mol. The second-order valence-electron chi connectivity index (χ2n) is 3.93. The number of rotatable bonds is 5. The van der Waals surface area contributed by atoms with Crippen molar-refractivity contribution >= 4 is 11.6 Å². The molecule has 0 spiro atoms. The first-order chi connectivity index (χ1) is 8.49. The molecule has 1 aromatic rings. The maximum Gasteiger partial charge on any atom is 0.253 e. The Bertz CT molecular complexity index is 470. The maximum absolute atomic E-state index is 12.0. The molecule has 0 aliphatic rings. The molecule has 0 aromatic heterocycles. The second-order valence-corrected chi connectivity index (χ2v) is 3.93. The SMILES string of the molecule is C=C(C)CNC(=O)c1cc(OC)cc(OC)c1N. The Kier molecular flexibility index (Phi) is 4.59. The van der Waals surface area contributed by atoms with Gasteiger partial charge >= 0.3 is 0 Å². The smallest absolute Gasteiger partial charge is 0.253 e. The molecule has 3 N–H and O–H groups in total. The average Bonchev–Trinajstić information content (AvgIpc) is 2.36. The summed E-state index contributed by atoms with van der Waals surface area (Å²) in [4.78, 5) is 12.0. The summed E-state index contributed by atoms with van der Waals surface area (Å²) in [5, 5.41) is 2.71. The molecule has 0 unspecified atom stereocenters. The van der Waals surface area contributed by atoms with E-state index in [1.165, 1.54) is 14.2 Å². The lowest BCUT2D eigenvalue weighted by atomic mass is 10.1. The van der Waals surface area contributed by atoms with Crippen LogP contribution in [-0.4, -0.2) is 26.7 Å². The number of nitrogens with one attached hydrogen (secondary N) is 1. The number of carbonyl (C=O) groups is 1. The second kappa shape index (κ2) is 5.95. The minimum Gasteiger partial charge on any atom is -0.497 e. The summed E-state index contributed by atoms with van der Waals surface area (Å²) < 4.78 is 10.2. The Morgan fingerprint density at radius 3 is 2.56 bits per heavy atom. The summed E-state index contributed by atoms with van der Waals surface area (Å²) in [5.41, 5.74) is 7.33. The van der Waals surface area contributed by atoms with Gasteiger partial charge in [-0.3, -0.25) is 4.79 Å². The molecular formula is C13H18N2O3. The molecule has 98 valence electrons. The van der Waals surface area contributed by atoms with Crippen LogP contribution in [0.25, 0.3) is 0 Å². The summed E-state index contributed by atoms with van der Waals surface area (Å²) in [6.07, 6.45) is 0. The fourth-order valence-electron chi connectivity index (χ4n) is 1.40. The van der Waals surface area contributed by atoms with E-state index in [1.54, 1.807) is 12.1 Å². The Morgan fingerprint density at radius 2 is 2.06 bits per heavy atom. The van der Waals surface area contributed by atoms with Crippen molar-refractivity contribution in [2.24, 2.45) is 0 Å². The molecule has 0 saturated heterocycles. The molecule has 0 bridgehead atoms. The van der Waals surface area contributed by atoms with Crippen LogP contribution in [0.5, 0.6) is 11.5 Å². The number of carbonyl (C=O) groups excluding carboxylic acids is 1. The molecule has 0 saturated carbocycles. The van der Waals surface area contributed by atoms with Crippen LogP contribution >= 0.6 is 0 Å². The van der Waals surface area contributed by atoms with Gasteiger partial charge in [-0.25, -0.2) is 0 Å². The lowest BCUT2D eigenvalue weighted by molar-refractivity contribution is 0.0957. The molecule has 0 heterocycles. The average molecular weight is 250 g/mol. The van der Waals surface area contributed by atoms with Crippen molar-refractivity contribution in [2.45, 2.75) is 6.92 Å². The highest BCUT2D eigenvalue weighted by atomic mass is 16.5. The molecular weight excluding hydrogens is 232 g/mol. The third kappa shape index (κ3) is 3.16. The number of hydrogen-bond acceptors (Lipinski definition) is 4. The van der Waals surface area contributed by atoms with Gasteiger partial charge in [0.25, 0.3) is 5.91 Å². The molecule has 1 amide bonds. The van der Waals surface area contributed by atoms with Crippen LogP contribution < -0.4 is 20.5 Å². The van der Waals surface area contributed by atoms with Gasteiger partial charge in [0.05, 0.1) is 25.5 Å². The summed E-state index contributed by atoms with van der Waals surface area (Å²) >= 11 is 0. The van der Waals surface area contributed by atoms with E-state index in [4.69, 9.17) is 15.2 Å². The standard InChI is InChI=1S/C13H18N2O3/c1-8(2)7-15-13(16)10-5-9(17-3)6-11(18-4)12(10)14/h5-6H,1,7,14H2,2-4H3,(H,15,16). The van der Waals surface area contributed by atoms with Crippen LogP contribution in [0.4, 0.5) is 5.69 Å². The van der Waals surface area contributed by atoms with Crippen molar-refractivity contribution in [1.29, 1.82) is 0 Å². The zero-order valence-electron chi connectivity index (χ0n) is 10.9. The topological polar surface area (TPSA) is 73.6 Å². The molecule has 18 heavy (non-hydrogen) atoms. The molecule has 0 atom stereocenters. The van der Waals surface area contributed by atoms with Crippen LogP contribution in [0.2, 0.25) is 0 Å². The number of hydrogen-bond donors (Lipinski definition) is 2. The van der Waals surface area contributed by atoms with Crippen LogP contribution in [-0.2, 0) is 0 Å². The summed E-state index contributed by atoms with van der Waals surface area (Å²) in [6, 6.07) is 3.20. The number of nitrogens with two attached hydrogens (primary N) is 1. The van der Waals surface area contributed by atoms with Gasteiger partial charge in [-0.2, -0.15) is 0 Å². The molecule has 5 heteroatoms. The summed E-state index contributed by atoms with van der Waals surface area (Å²) in [7, 11) is 3.00. The van der Waals surface area contributed by atoms with E-state index in [0.29, 0.717) is 23.6 Å². The first-order valence-corrected chi connectivity index (χ1v) is 5.43. The minimum atomic E-state index is -0.285. The van der Waals surface area contributed by atoms with Crippen molar-refractivity contribution in [2.75, 3.05) is 26.5 Å². The third-order valence-electron chi connectivity index (χ3n) is 2.37. The summed E-state index contributed by atoms with van der Waals surface area (Å²) in [6.45, 7) is 5.95. The van der Waals surface area contributed by atoms with E-state index < -0.39 is 0 Å². The molecule has 5 nitrogen and oxygen atoms in total. The molecule has 1 aromatic carbocycles. The van der Waals surface area contributed by atoms with Gasteiger partial charge in [-0.15, -0.1) is 0 Å². The Hall–Kier alpha value is -2.17. The van der Waals surface area contributed by atoms with Crippen molar-refractivity contribution in [3.8, 4) is 11.5 Å². The lowest BCUT2D eigenvalue weighted by Crippen LogP contribution is -2.25. The largest absolute Gasteiger partial charge is 0.497 e. The predicted octanol–water partition coefficient (Wildman–Crippen LogP) is 1.59. The first kappa shape index (κ1) is 13.9. The monoisotopic (exact) mass is 250 g/mol. The van der Waals surface area contributed by atoms with E-state index in [9.17, 15) is 4.79 Å². The van der Waals surface area contributed by atoms with Crippen LogP contribution in [0, 0.1) is 0 Å². The molecule has 0 fully saturated rings. The van der Waals surface area contributed by atoms with Crippen LogP contribution in [0.3, 0.4) is 0 Å². The van der Waals surface area contributed by atoms with Gasteiger partial charge in [0.2, 0.25) is 0 Å². The summed E-state index contributed by atoms with van der Waals surface area (Å²) in [5.74, 6) is 0.643. The number of nitrogen functional groups attached to an aromatic ring is 1. The number of methoxy groups -OCH3 is 2. The Balaban J connectivity index is 3.06. The van der Waals surface area contributed by atoms with E-state index in [-0.39, 0.29) is 11.6 Å². The third-order valence-corrected chi connectivity index (χ3v) is 2.37. The van der Waals surface area contributed by atoms with Gasteiger partial charge < -0.3 is 20.5 Å². The van der Waals surface area contributed by atoms with E-state index in [2.05, 4.69) is 11.9 Å². The number of benzene rings is 1. The highest BCUT2D eigenvalue weighted by Crippen LogP contribution is 2.30. The van der Waals surface area contributed by atoms with Gasteiger partial charge in [0.1, 0.15) is 11.5 Å². The van der Waals surface area contributed by atoms with E-state index in [1.807, 2.05) is 6.92 Å². The van der Waals surface area contributed by atoms with Gasteiger partial charge in [0, 0.05) is 12.6 Å². The van der Waals surface area contributed by atoms with Crippen LogP contribution in [0.1, 0.15) is 17.3 Å². The maximum atomic E-state index is 12.0. The van der Waals surface area contributed by atoms with Gasteiger partial charge in [-0.05, 0) is 13.0 Å². The minimum absolute atomic E-state index is 0.285. The van der Waals surface area contributed by atoms with Gasteiger partial charge in [-0.1, -0.05) is 12.2 Å². The van der Waals surface area contributed by atoms with Crippen molar-refractivity contribution in [3.63, 3.8) is 0 Å². The quantitative estimate of drug-likeness (QED) is 0.615. The lowest BCUT2D eigenvalue weighted by Gasteiger charge is -2.12. The zero-order valence-corrected chi connectivity index (χ0v) is 10.9. The highest BCUT2D eigenvalue weighted by Gasteiger charge is 2.15. The Morgan fingerprint density at radius 1 is 1.39 bits per heavy atom. The molecule has 0 aliphatic carbocycles. The highest BCUT2D eigenvalue weighted by molar-refractivity contribution is 6.01. The number of anilines is 1. The van der Waals surface area contributed by atoms with Crippen molar-refractivity contribution in [1.82, 2.24) is 5.32 Å². The molecule has 1 rings (SSSR count). The molecule has 0 aliphatic heterocycles. The zero-order chi connectivity index (χ0) is 13.7. The van der Waals surface area contributed by atoms with E-state index >= 15 is 0 Å². The van der Waals surface area contributed by atoms with Crippen LogP contribution in [0.15, 0.2) is 24.3 Å². The van der Waals surface area contributed by atoms with Crippen molar-refractivity contribution < 1.29 is 14.3 Å². The fraction of sp³-hybridized carbons (Fsp3) is 0.308. The number of ether oxygens (including phenoxy) is 2. The number of amides is 1. The first-order valence-electron chi connectivity index (χ1n) is 5.43. The normalized spacial score (nSPS) is 9.72. The molecule has 0 radical (unpaired) electrons. The Labute approximate surface area is 107 Å².